The third-order valence-electron chi connectivity index (χ3n) is 4.23. The highest BCUT2D eigenvalue weighted by molar-refractivity contribution is 6.28. The average molecular weight is 345 g/mol. The van der Waals surface area contributed by atoms with Gasteiger partial charge in [0.15, 0.2) is 17.0 Å². The number of rotatable bonds is 2. The van der Waals surface area contributed by atoms with Gasteiger partial charge in [-0.25, -0.2) is 4.98 Å². The lowest BCUT2D eigenvalue weighted by molar-refractivity contribution is 0.0986. The molecule has 0 aromatic carbocycles. The van der Waals surface area contributed by atoms with Crippen molar-refractivity contribution in [1.82, 2.24) is 24.5 Å². The largest absolute Gasteiger partial charge is 0.377 e. The molecule has 0 saturated carbocycles. The Bertz CT molecular complexity index is 895. The highest BCUT2D eigenvalue weighted by Crippen LogP contribution is 2.28. The zero-order valence-electron chi connectivity index (χ0n) is 13.5. The third kappa shape index (κ3) is 2.50. The summed E-state index contributed by atoms with van der Waals surface area (Å²) in [5.74, 6) is 0.751. The molecule has 3 aromatic rings. The Morgan fingerprint density at radius 2 is 2.17 bits per heavy atom. The van der Waals surface area contributed by atoms with Gasteiger partial charge in [-0.3, -0.25) is 9.55 Å². The maximum atomic E-state index is 6.21. The molecule has 124 valence electrons. The zero-order valence-corrected chi connectivity index (χ0v) is 14.2. The van der Waals surface area contributed by atoms with Crippen LogP contribution in [0.25, 0.3) is 16.9 Å². The number of pyridine rings is 1. The van der Waals surface area contributed by atoms with E-state index in [1.807, 2.05) is 23.6 Å². The zero-order chi connectivity index (χ0) is 16.7. The lowest BCUT2D eigenvalue weighted by Gasteiger charge is -2.34. The molecule has 3 aromatic heterocycles. The van der Waals surface area contributed by atoms with Crippen molar-refractivity contribution in [2.45, 2.75) is 19.9 Å². The molecule has 4 rings (SSSR count). The molecule has 1 saturated heterocycles. The van der Waals surface area contributed by atoms with Crippen LogP contribution < -0.4 is 4.90 Å². The maximum absolute atomic E-state index is 6.21. The summed E-state index contributed by atoms with van der Waals surface area (Å²) in [5.41, 5.74) is 3.24. The van der Waals surface area contributed by atoms with Gasteiger partial charge in [0.1, 0.15) is 6.33 Å². The summed E-state index contributed by atoms with van der Waals surface area (Å²) in [5, 5.41) is 0.208. The number of halogens is 1. The molecular weight excluding hydrogens is 328 g/mol. The van der Waals surface area contributed by atoms with Crippen LogP contribution in [-0.4, -0.2) is 50.3 Å². The first kappa shape index (κ1) is 15.3. The van der Waals surface area contributed by atoms with E-state index in [9.17, 15) is 0 Å². The first-order chi connectivity index (χ1) is 11.6. The molecule has 1 aliphatic heterocycles. The number of anilines is 1. The molecule has 1 atom stereocenters. The second kappa shape index (κ2) is 5.99. The molecule has 0 bridgehead atoms. The lowest BCUT2D eigenvalue weighted by atomic mass is 10.2. The highest BCUT2D eigenvalue weighted by Gasteiger charge is 2.25. The number of morpholine rings is 1. The van der Waals surface area contributed by atoms with Gasteiger partial charge < -0.3 is 9.64 Å². The molecule has 0 spiro atoms. The van der Waals surface area contributed by atoms with Gasteiger partial charge in [0, 0.05) is 12.7 Å². The van der Waals surface area contributed by atoms with Crippen molar-refractivity contribution in [3.8, 4) is 5.69 Å². The summed E-state index contributed by atoms with van der Waals surface area (Å²) < 4.78 is 7.42. The highest BCUT2D eigenvalue weighted by atomic mass is 35.5. The minimum Gasteiger partial charge on any atom is -0.377 e. The van der Waals surface area contributed by atoms with E-state index >= 15 is 0 Å². The number of hydrogen-bond donors (Lipinski definition) is 0. The molecule has 4 heterocycles. The fourth-order valence-electron chi connectivity index (χ4n) is 3.01. The Balaban J connectivity index is 1.90. The molecule has 8 heteroatoms. The van der Waals surface area contributed by atoms with Gasteiger partial charge in [0.25, 0.3) is 0 Å². The van der Waals surface area contributed by atoms with Crippen LogP contribution in [0.2, 0.25) is 5.28 Å². The fraction of sp³-hybridized carbons (Fsp3) is 0.375. The number of aromatic nitrogens is 5. The van der Waals surface area contributed by atoms with Gasteiger partial charge in [0.05, 0.1) is 30.6 Å². The number of aryl methyl sites for hydroxylation is 1. The Morgan fingerprint density at radius 1 is 1.29 bits per heavy atom. The van der Waals surface area contributed by atoms with Crippen LogP contribution in [0.3, 0.4) is 0 Å². The van der Waals surface area contributed by atoms with Crippen LogP contribution in [0, 0.1) is 6.92 Å². The van der Waals surface area contributed by atoms with Gasteiger partial charge in [-0.05, 0) is 37.6 Å². The Kier molecular flexibility index (Phi) is 3.82. The molecule has 0 aliphatic carbocycles. The van der Waals surface area contributed by atoms with Crippen LogP contribution in [-0.2, 0) is 4.74 Å². The predicted octanol–water partition coefficient (Wildman–Crippen LogP) is 2.40. The quantitative estimate of drug-likeness (QED) is 0.665. The third-order valence-corrected chi connectivity index (χ3v) is 4.40. The van der Waals surface area contributed by atoms with Gasteiger partial charge in [-0.1, -0.05) is 0 Å². The number of imidazole rings is 1. The molecule has 0 amide bonds. The van der Waals surface area contributed by atoms with E-state index in [4.69, 9.17) is 16.3 Å². The van der Waals surface area contributed by atoms with E-state index in [-0.39, 0.29) is 11.3 Å². The molecule has 0 unspecified atom stereocenters. The summed E-state index contributed by atoms with van der Waals surface area (Å²) in [6, 6.07) is 4.08. The SMILES string of the molecule is Cc1ncccc1-n1cnc2c(N3CCOC[C@H]3C)nc(Cl)nc21. The summed E-state index contributed by atoms with van der Waals surface area (Å²) in [4.78, 5) is 19.9. The first-order valence-electron chi connectivity index (χ1n) is 7.82. The average Bonchev–Trinajstić information content (AvgIpc) is 2.99. The summed E-state index contributed by atoms with van der Waals surface area (Å²) in [7, 11) is 0. The Labute approximate surface area is 144 Å². The second-order valence-electron chi connectivity index (χ2n) is 5.83. The number of ether oxygens (including phenoxy) is 1. The molecule has 1 fully saturated rings. The maximum Gasteiger partial charge on any atom is 0.226 e. The standard InChI is InChI=1S/C16H17ClN6O/c1-10-8-24-7-6-22(10)14-13-15(21-16(17)20-14)23(9-19-13)12-4-3-5-18-11(12)2/h3-5,9-10H,6-8H2,1-2H3/t10-/m1/s1. The number of hydrogen-bond acceptors (Lipinski definition) is 6. The molecule has 1 aliphatic rings. The summed E-state index contributed by atoms with van der Waals surface area (Å²) in [6.07, 6.45) is 3.51. The normalized spacial score (nSPS) is 18.3. The van der Waals surface area contributed by atoms with Crippen LogP contribution >= 0.6 is 11.6 Å². The molecule has 7 nitrogen and oxygen atoms in total. The monoisotopic (exact) mass is 344 g/mol. The van der Waals surface area contributed by atoms with E-state index in [2.05, 4.69) is 31.8 Å². The summed E-state index contributed by atoms with van der Waals surface area (Å²) in [6.45, 7) is 6.13. The lowest BCUT2D eigenvalue weighted by Crippen LogP contribution is -2.44. The van der Waals surface area contributed by atoms with Crippen molar-refractivity contribution in [1.29, 1.82) is 0 Å². The van der Waals surface area contributed by atoms with E-state index in [0.717, 1.165) is 29.3 Å². The van der Waals surface area contributed by atoms with E-state index in [0.29, 0.717) is 18.9 Å². The van der Waals surface area contributed by atoms with E-state index < -0.39 is 0 Å². The minimum absolute atomic E-state index is 0.207. The second-order valence-corrected chi connectivity index (χ2v) is 6.17. The van der Waals surface area contributed by atoms with Crippen molar-refractivity contribution in [3.63, 3.8) is 0 Å². The van der Waals surface area contributed by atoms with Crippen molar-refractivity contribution >= 4 is 28.6 Å². The fourth-order valence-corrected chi connectivity index (χ4v) is 3.17. The first-order valence-corrected chi connectivity index (χ1v) is 8.20. The van der Waals surface area contributed by atoms with Gasteiger partial charge in [0.2, 0.25) is 5.28 Å². The molecular formula is C16H17ClN6O. The number of fused-ring (bicyclic) bond motifs is 1. The Hall–Kier alpha value is -2.25. The topological polar surface area (TPSA) is 69.0 Å². The van der Waals surface area contributed by atoms with Crippen molar-refractivity contribution in [3.05, 3.63) is 35.6 Å². The molecule has 0 N–H and O–H groups in total. The van der Waals surface area contributed by atoms with Crippen LogP contribution in [0.5, 0.6) is 0 Å². The van der Waals surface area contributed by atoms with E-state index in [1.165, 1.54) is 0 Å². The van der Waals surface area contributed by atoms with Gasteiger partial charge in [-0.2, -0.15) is 9.97 Å². The van der Waals surface area contributed by atoms with Crippen LogP contribution in [0.1, 0.15) is 12.6 Å². The molecule has 0 radical (unpaired) electrons. The van der Waals surface area contributed by atoms with Crippen LogP contribution in [0.15, 0.2) is 24.7 Å². The van der Waals surface area contributed by atoms with E-state index in [1.54, 1.807) is 12.5 Å². The summed E-state index contributed by atoms with van der Waals surface area (Å²) >= 11 is 6.21. The minimum atomic E-state index is 0.207. The molecule has 24 heavy (non-hydrogen) atoms. The predicted molar refractivity (Wildman–Crippen MR) is 91.8 cm³/mol. The van der Waals surface area contributed by atoms with Crippen molar-refractivity contribution < 1.29 is 4.74 Å². The Morgan fingerprint density at radius 3 is 2.96 bits per heavy atom. The van der Waals surface area contributed by atoms with Gasteiger partial charge in [-0.15, -0.1) is 0 Å². The number of nitrogens with zero attached hydrogens (tertiary/aromatic N) is 6. The van der Waals surface area contributed by atoms with Gasteiger partial charge >= 0.3 is 0 Å². The smallest absolute Gasteiger partial charge is 0.226 e. The van der Waals surface area contributed by atoms with Crippen molar-refractivity contribution in [2.75, 3.05) is 24.7 Å². The van der Waals surface area contributed by atoms with Crippen molar-refractivity contribution in [2.24, 2.45) is 0 Å². The van der Waals surface area contributed by atoms with Crippen LogP contribution in [0.4, 0.5) is 5.82 Å².